The lowest BCUT2D eigenvalue weighted by Gasteiger charge is -2.27. The van der Waals surface area contributed by atoms with Gasteiger partial charge in [-0.1, -0.05) is 18.2 Å². The highest BCUT2D eigenvalue weighted by Crippen LogP contribution is 2.33. The van der Waals surface area contributed by atoms with Gasteiger partial charge in [-0.15, -0.1) is 0 Å². The Kier molecular flexibility index (Phi) is 4.59. The molecule has 0 radical (unpaired) electrons. The smallest absolute Gasteiger partial charge is 0.279 e. The summed E-state index contributed by atoms with van der Waals surface area (Å²) < 4.78 is 0. The Morgan fingerprint density at radius 2 is 1.96 bits per heavy atom. The summed E-state index contributed by atoms with van der Waals surface area (Å²) in [7, 11) is 0. The lowest BCUT2D eigenvalue weighted by atomic mass is 9.96. The molecule has 6 nitrogen and oxygen atoms in total. The van der Waals surface area contributed by atoms with E-state index in [0.29, 0.717) is 6.54 Å². The molecule has 0 unspecified atom stereocenters. The van der Waals surface area contributed by atoms with Gasteiger partial charge in [0.05, 0.1) is 24.3 Å². The molecule has 136 valence electrons. The second-order valence-corrected chi connectivity index (χ2v) is 7.43. The molecule has 2 aromatic rings. The van der Waals surface area contributed by atoms with Crippen LogP contribution in [0.5, 0.6) is 0 Å². The van der Waals surface area contributed by atoms with Crippen LogP contribution in [0.2, 0.25) is 0 Å². The second-order valence-electron chi connectivity index (χ2n) is 7.43. The molecule has 1 aliphatic carbocycles. The van der Waals surface area contributed by atoms with Gasteiger partial charge >= 0.3 is 0 Å². The number of amides is 2. The zero-order valence-corrected chi connectivity index (χ0v) is 14.9. The molecule has 1 aromatic heterocycles. The molecule has 26 heavy (non-hydrogen) atoms. The van der Waals surface area contributed by atoms with Gasteiger partial charge in [0, 0.05) is 29.8 Å². The number of anilines is 1. The predicted octanol–water partition coefficient (Wildman–Crippen LogP) is 0.442. The SMILES string of the molecule is NC(=O)C1CC[NH+](CC(=O)Nc2c3c(nc4ccccc24)CCC3)CC1. The van der Waals surface area contributed by atoms with Crippen molar-refractivity contribution in [1.29, 1.82) is 0 Å². The van der Waals surface area contributed by atoms with Crippen molar-refractivity contribution in [2.45, 2.75) is 32.1 Å². The third kappa shape index (κ3) is 3.29. The number of primary amides is 1. The number of hydrogen-bond acceptors (Lipinski definition) is 3. The fourth-order valence-corrected chi connectivity index (χ4v) is 4.25. The number of nitrogens with two attached hydrogens (primary N) is 1. The molecule has 2 heterocycles. The van der Waals surface area contributed by atoms with Gasteiger partial charge in [-0.2, -0.15) is 0 Å². The molecule has 1 fully saturated rings. The Morgan fingerprint density at radius 1 is 1.19 bits per heavy atom. The first-order valence-corrected chi connectivity index (χ1v) is 9.45. The lowest BCUT2D eigenvalue weighted by Crippen LogP contribution is -3.14. The van der Waals surface area contributed by atoms with Crippen LogP contribution < -0.4 is 16.0 Å². The van der Waals surface area contributed by atoms with E-state index in [0.717, 1.165) is 67.5 Å². The summed E-state index contributed by atoms with van der Waals surface area (Å²) in [5.74, 6) is -0.218. The van der Waals surface area contributed by atoms with Crippen LogP contribution in [0, 0.1) is 5.92 Å². The first kappa shape index (κ1) is 17.0. The predicted molar refractivity (Wildman–Crippen MR) is 99.9 cm³/mol. The number of hydrogen-bond donors (Lipinski definition) is 3. The molecule has 0 spiro atoms. The molecule has 1 saturated heterocycles. The normalized spacial score (nSPS) is 22.2. The molecular formula is C20H25N4O2+. The summed E-state index contributed by atoms with van der Waals surface area (Å²) >= 11 is 0. The summed E-state index contributed by atoms with van der Waals surface area (Å²) in [6, 6.07) is 8.00. The van der Waals surface area contributed by atoms with Gasteiger partial charge in [0.25, 0.3) is 5.91 Å². The Morgan fingerprint density at radius 3 is 2.73 bits per heavy atom. The molecule has 0 bridgehead atoms. The number of pyridine rings is 1. The van der Waals surface area contributed by atoms with Crippen LogP contribution in [0.4, 0.5) is 5.69 Å². The highest BCUT2D eigenvalue weighted by atomic mass is 16.2. The third-order valence-corrected chi connectivity index (χ3v) is 5.69. The second kappa shape index (κ2) is 7.03. The highest BCUT2D eigenvalue weighted by Gasteiger charge is 2.28. The summed E-state index contributed by atoms with van der Waals surface area (Å²) in [6.07, 6.45) is 4.58. The van der Waals surface area contributed by atoms with Crippen LogP contribution in [0.3, 0.4) is 0 Å². The first-order valence-electron chi connectivity index (χ1n) is 9.45. The molecule has 6 heteroatoms. The van der Waals surface area contributed by atoms with Gasteiger partial charge in [0.2, 0.25) is 5.91 Å². The number of aromatic nitrogens is 1. The minimum Gasteiger partial charge on any atom is -0.369 e. The van der Waals surface area contributed by atoms with Gasteiger partial charge in [-0.3, -0.25) is 14.6 Å². The topological polar surface area (TPSA) is 89.5 Å². The van der Waals surface area contributed by atoms with Gasteiger partial charge < -0.3 is 16.0 Å². The summed E-state index contributed by atoms with van der Waals surface area (Å²) in [4.78, 5) is 30.0. The van der Waals surface area contributed by atoms with Crippen molar-refractivity contribution in [1.82, 2.24) is 4.98 Å². The number of rotatable bonds is 4. The van der Waals surface area contributed by atoms with E-state index >= 15 is 0 Å². The maximum atomic E-state index is 12.7. The Balaban J connectivity index is 1.49. The van der Waals surface area contributed by atoms with E-state index < -0.39 is 0 Å². The van der Waals surface area contributed by atoms with Crippen LogP contribution in [-0.2, 0) is 22.4 Å². The summed E-state index contributed by atoms with van der Waals surface area (Å²) in [6.45, 7) is 2.06. The van der Waals surface area contributed by atoms with Crippen LogP contribution >= 0.6 is 0 Å². The molecule has 0 atom stereocenters. The summed E-state index contributed by atoms with van der Waals surface area (Å²) in [5, 5.41) is 4.19. The van der Waals surface area contributed by atoms with E-state index in [9.17, 15) is 9.59 Å². The molecule has 4 rings (SSSR count). The quantitative estimate of drug-likeness (QED) is 0.745. The summed E-state index contributed by atoms with van der Waals surface area (Å²) in [5.41, 5.74) is 9.59. The van der Waals surface area contributed by atoms with Gasteiger partial charge in [-0.05, 0) is 30.9 Å². The maximum Gasteiger partial charge on any atom is 0.279 e. The van der Waals surface area contributed by atoms with Crippen LogP contribution in [0.25, 0.3) is 10.9 Å². The number of carbonyl (C=O) groups is 2. The molecular weight excluding hydrogens is 328 g/mol. The van der Waals surface area contributed by atoms with Crippen LogP contribution in [-0.4, -0.2) is 36.4 Å². The monoisotopic (exact) mass is 353 g/mol. The maximum absolute atomic E-state index is 12.7. The Hall–Kier alpha value is -2.47. The number of aryl methyl sites for hydroxylation is 1. The van der Waals surface area contributed by atoms with E-state index in [4.69, 9.17) is 10.7 Å². The van der Waals surface area contributed by atoms with E-state index in [2.05, 4.69) is 5.32 Å². The molecule has 0 saturated carbocycles. The number of fused-ring (bicyclic) bond motifs is 2. The van der Waals surface area contributed by atoms with Crippen molar-refractivity contribution >= 4 is 28.4 Å². The van der Waals surface area contributed by atoms with Crippen molar-refractivity contribution in [2.75, 3.05) is 25.0 Å². The third-order valence-electron chi connectivity index (χ3n) is 5.69. The van der Waals surface area contributed by atoms with Crippen molar-refractivity contribution < 1.29 is 14.5 Å². The zero-order valence-electron chi connectivity index (χ0n) is 14.9. The fraction of sp³-hybridized carbons (Fsp3) is 0.450. The minimum absolute atomic E-state index is 0.0305. The van der Waals surface area contributed by atoms with Crippen molar-refractivity contribution in [2.24, 2.45) is 11.7 Å². The highest BCUT2D eigenvalue weighted by molar-refractivity contribution is 6.03. The van der Waals surface area contributed by atoms with Crippen LogP contribution in [0.1, 0.15) is 30.5 Å². The molecule has 2 aliphatic rings. The fourth-order valence-electron chi connectivity index (χ4n) is 4.25. The Labute approximate surface area is 152 Å². The van der Waals surface area contributed by atoms with Gasteiger partial charge in [0.1, 0.15) is 0 Å². The number of para-hydroxylation sites is 1. The number of nitrogens with one attached hydrogen (secondary N) is 2. The molecule has 4 N–H and O–H groups in total. The average molecular weight is 353 g/mol. The van der Waals surface area contributed by atoms with Crippen molar-refractivity contribution in [3.05, 3.63) is 35.5 Å². The van der Waals surface area contributed by atoms with E-state index in [1.165, 1.54) is 10.5 Å². The van der Waals surface area contributed by atoms with Gasteiger partial charge in [-0.25, -0.2) is 0 Å². The number of benzene rings is 1. The van der Waals surface area contributed by atoms with Gasteiger partial charge in [0.15, 0.2) is 6.54 Å². The van der Waals surface area contributed by atoms with Crippen LogP contribution in [0.15, 0.2) is 24.3 Å². The first-order chi connectivity index (χ1) is 12.6. The average Bonchev–Trinajstić information content (AvgIpc) is 3.10. The minimum atomic E-state index is -0.215. The van der Waals surface area contributed by atoms with E-state index in [-0.39, 0.29) is 17.7 Å². The number of likely N-dealkylation sites (tertiary alicyclic amines) is 1. The van der Waals surface area contributed by atoms with E-state index in [1.54, 1.807) is 0 Å². The lowest BCUT2D eigenvalue weighted by molar-refractivity contribution is -0.897. The zero-order chi connectivity index (χ0) is 18.1. The van der Waals surface area contributed by atoms with E-state index in [1.807, 2.05) is 24.3 Å². The Bertz CT molecular complexity index is 856. The van der Waals surface area contributed by atoms with Crippen molar-refractivity contribution in [3.63, 3.8) is 0 Å². The molecule has 1 aliphatic heterocycles. The standard InChI is InChI=1S/C20H24N4O2/c21-20(26)13-8-10-24(11-9-13)12-18(25)23-19-14-4-1-2-6-16(14)22-17-7-3-5-15(17)19/h1-2,4,6,13H,3,5,7-12H2,(H2,21,26)(H,22,23,25)/p+1. The largest absolute Gasteiger partial charge is 0.369 e. The number of carbonyl (C=O) groups excluding carboxylic acids is 2. The number of nitrogens with zero attached hydrogens (tertiary/aromatic N) is 1. The van der Waals surface area contributed by atoms with Crippen molar-refractivity contribution in [3.8, 4) is 0 Å². The number of quaternary nitrogens is 1. The number of piperidine rings is 1. The molecule has 1 aromatic carbocycles. The molecule has 2 amide bonds.